The molecule has 1 atom stereocenters. The number of unbranched alkanes of at least 4 members (excludes halogenated alkanes) is 1. The molecule has 0 aliphatic heterocycles. The lowest BCUT2D eigenvalue weighted by molar-refractivity contribution is -0.141. The number of hydrogen-bond acceptors (Lipinski definition) is 3. The van der Waals surface area contributed by atoms with Crippen LogP contribution in [0.1, 0.15) is 26.7 Å². The number of aliphatic carboxylic acids is 1. The summed E-state index contributed by atoms with van der Waals surface area (Å²) in [5.74, 6) is -1.20. The van der Waals surface area contributed by atoms with E-state index in [9.17, 15) is 4.79 Å². The highest BCUT2D eigenvalue weighted by molar-refractivity contribution is 5.69. The zero-order valence-electron chi connectivity index (χ0n) is 8.86. The predicted octanol–water partition coefficient (Wildman–Crippen LogP) is 1.33. The molecule has 4 heteroatoms. The Morgan fingerprint density at radius 1 is 1.64 bits per heavy atom. The summed E-state index contributed by atoms with van der Waals surface area (Å²) in [4.78, 5) is 12.5. The topological polar surface area (TPSA) is 64.3 Å². The lowest BCUT2D eigenvalue weighted by Gasteiger charge is -2.20. The van der Waals surface area contributed by atoms with E-state index in [0.29, 0.717) is 13.1 Å². The fourth-order valence-corrected chi connectivity index (χ4v) is 1.18. The highest BCUT2D eigenvalue weighted by Gasteiger charge is 2.15. The summed E-state index contributed by atoms with van der Waals surface area (Å²) in [5.41, 5.74) is 0. The molecule has 0 fully saturated rings. The molecule has 0 rings (SSSR count). The summed E-state index contributed by atoms with van der Waals surface area (Å²) in [6, 6.07) is 2.05. The number of rotatable bonds is 7. The van der Waals surface area contributed by atoms with Gasteiger partial charge in [0.25, 0.3) is 0 Å². The van der Waals surface area contributed by atoms with Crippen molar-refractivity contribution in [3.63, 3.8) is 0 Å². The molecule has 1 N–H and O–H groups in total. The molecule has 0 saturated carbocycles. The van der Waals surface area contributed by atoms with Crippen LogP contribution in [0.3, 0.4) is 0 Å². The minimum absolute atomic E-state index is 0.317. The van der Waals surface area contributed by atoms with Crippen molar-refractivity contribution in [1.82, 2.24) is 4.90 Å². The first kappa shape index (κ1) is 12.9. The van der Waals surface area contributed by atoms with Crippen LogP contribution in [0, 0.1) is 17.2 Å². The van der Waals surface area contributed by atoms with Gasteiger partial charge in [0.15, 0.2) is 0 Å². The van der Waals surface area contributed by atoms with Gasteiger partial charge >= 0.3 is 5.97 Å². The van der Waals surface area contributed by atoms with Crippen molar-refractivity contribution < 1.29 is 9.90 Å². The number of carbonyl (C=O) groups is 1. The first-order valence-electron chi connectivity index (χ1n) is 4.93. The maximum absolute atomic E-state index is 10.6. The van der Waals surface area contributed by atoms with Crippen molar-refractivity contribution >= 4 is 5.97 Å². The molecule has 0 aromatic carbocycles. The van der Waals surface area contributed by atoms with Gasteiger partial charge in [-0.3, -0.25) is 9.69 Å². The molecule has 0 saturated heterocycles. The minimum Gasteiger partial charge on any atom is -0.481 e. The molecular weight excluding hydrogens is 180 g/mol. The van der Waals surface area contributed by atoms with Crippen LogP contribution in [-0.2, 0) is 4.79 Å². The molecule has 0 bridgehead atoms. The molecule has 1 unspecified atom stereocenters. The van der Waals surface area contributed by atoms with Gasteiger partial charge in [-0.15, -0.1) is 0 Å². The van der Waals surface area contributed by atoms with E-state index in [1.807, 2.05) is 4.90 Å². The van der Waals surface area contributed by atoms with E-state index in [2.05, 4.69) is 13.0 Å². The second kappa shape index (κ2) is 7.34. The van der Waals surface area contributed by atoms with Gasteiger partial charge in [-0.2, -0.15) is 5.26 Å². The highest BCUT2D eigenvalue weighted by Crippen LogP contribution is 2.02. The third-order valence-corrected chi connectivity index (χ3v) is 2.08. The van der Waals surface area contributed by atoms with E-state index in [1.54, 1.807) is 6.92 Å². The average molecular weight is 198 g/mol. The number of nitriles is 1. The average Bonchev–Trinajstić information content (AvgIpc) is 2.14. The van der Waals surface area contributed by atoms with Crippen LogP contribution in [-0.4, -0.2) is 35.6 Å². The number of hydrogen-bond donors (Lipinski definition) is 1. The van der Waals surface area contributed by atoms with Gasteiger partial charge in [-0.25, -0.2) is 0 Å². The summed E-state index contributed by atoms with van der Waals surface area (Å²) in [6.07, 6.45) is 2.07. The molecule has 0 aliphatic rings. The molecule has 0 aromatic rings. The molecule has 0 amide bonds. The van der Waals surface area contributed by atoms with E-state index in [0.717, 1.165) is 19.4 Å². The zero-order chi connectivity index (χ0) is 11.0. The molecular formula is C10H18N2O2. The van der Waals surface area contributed by atoms with E-state index in [-0.39, 0.29) is 0 Å². The van der Waals surface area contributed by atoms with Crippen LogP contribution >= 0.6 is 0 Å². The highest BCUT2D eigenvalue weighted by atomic mass is 16.4. The fourth-order valence-electron chi connectivity index (χ4n) is 1.18. The Balaban J connectivity index is 3.95. The second-order valence-electron chi connectivity index (χ2n) is 3.49. The first-order chi connectivity index (χ1) is 6.61. The minimum atomic E-state index is -0.801. The number of carboxylic acids is 1. The molecule has 0 aliphatic carbocycles. The van der Waals surface area contributed by atoms with Crippen molar-refractivity contribution in [2.75, 3.05) is 19.6 Å². The lowest BCUT2D eigenvalue weighted by Crippen LogP contribution is -2.33. The van der Waals surface area contributed by atoms with Crippen LogP contribution < -0.4 is 0 Å². The molecule has 0 spiro atoms. The van der Waals surface area contributed by atoms with E-state index in [4.69, 9.17) is 10.4 Å². The fraction of sp³-hybridized carbons (Fsp3) is 0.800. The quantitative estimate of drug-likeness (QED) is 0.627. The lowest BCUT2D eigenvalue weighted by atomic mass is 10.1. The van der Waals surface area contributed by atoms with Gasteiger partial charge in [0.1, 0.15) is 0 Å². The van der Waals surface area contributed by atoms with Gasteiger partial charge in [-0.05, 0) is 13.0 Å². The molecule has 14 heavy (non-hydrogen) atoms. The maximum Gasteiger partial charge on any atom is 0.307 e. The third-order valence-electron chi connectivity index (χ3n) is 2.08. The summed E-state index contributed by atoms with van der Waals surface area (Å²) >= 11 is 0. The Morgan fingerprint density at radius 3 is 2.71 bits per heavy atom. The van der Waals surface area contributed by atoms with Crippen molar-refractivity contribution in [3.05, 3.63) is 0 Å². The Hall–Kier alpha value is -1.08. The van der Waals surface area contributed by atoms with Crippen LogP contribution in [0.2, 0.25) is 0 Å². The number of carboxylic acid groups (broad SMARTS) is 1. The zero-order valence-corrected chi connectivity index (χ0v) is 8.86. The number of nitrogens with zero attached hydrogens (tertiary/aromatic N) is 2. The molecule has 0 radical (unpaired) electrons. The molecule has 0 heterocycles. The van der Waals surface area contributed by atoms with E-state index >= 15 is 0 Å². The Kier molecular flexibility index (Phi) is 6.77. The van der Waals surface area contributed by atoms with Gasteiger partial charge in [-0.1, -0.05) is 20.3 Å². The molecule has 4 nitrogen and oxygen atoms in total. The SMILES string of the molecule is CCCCN(CC#N)CC(C)C(=O)O. The van der Waals surface area contributed by atoms with Crippen molar-refractivity contribution in [2.24, 2.45) is 5.92 Å². The van der Waals surface area contributed by atoms with Gasteiger partial charge in [0.2, 0.25) is 0 Å². The first-order valence-corrected chi connectivity index (χ1v) is 4.93. The molecule has 80 valence electrons. The van der Waals surface area contributed by atoms with E-state index < -0.39 is 11.9 Å². The summed E-state index contributed by atoms with van der Waals surface area (Å²) in [6.45, 7) is 5.33. The summed E-state index contributed by atoms with van der Waals surface area (Å²) in [7, 11) is 0. The monoisotopic (exact) mass is 198 g/mol. The normalized spacial score (nSPS) is 12.4. The second-order valence-corrected chi connectivity index (χ2v) is 3.49. The van der Waals surface area contributed by atoms with Crippen molar-refractivity contribution in [2.45, 2.75) is 26.7 Å². The summed E-state index contributed by atoms with van der Waals surface area (Å²) < 4.78 is 0. The smallest absolute Gasteiger partial charge is 0.307 e. The molecule has 0 aromatic heterocycles. The Labute approximate surface area is 85.1 Å². The van der Waals surface area contributed by atoms with Crippen LogP contribution in [0.4, 0.5) is 0 Å². The summed E-state index contributed by atoms with van der Waals surface area (Å²) in [5, 5.41) is 17.3. The van der Waals surface area contributed by atoms with E-state index in [1.165, 1.54) is 0 Å². The Morgan fingerprint density at radius 2 is 2.29 bits per heavy atom. The van der Waals surface area contributed by atoms with Crippen molar-refractivity contribution in [1.29, 1.82) is 5.26 Å². The Bertz CT molecular complexity index is 211. The standard InChI is InChI=1S/C10H18N2O2/c1-3-4-6-12(7-5-11)8-9(2)10(13)14/h9H,3-4,6-8H2,1-2H3,(H,13,14). The van der Waals surface area contributed by atoms with Crippen LogP contribution in [0.5, 0.6) is 0 Å². The van der Waals surface area contributed by atoms with Crippen LogP contribution in [0.25, 0.3) is 0 Å². The largest absolute Gasteiger partial charge is 0.481 e. The van der Waals surface area contributed by atoms with Gasteiger partial charge in [0, 0.05) is 6.54 Å². The van der Waals surface area contributed by atoms with Gasteiger partial charge in [0.05, 0.1) is 18.5 Å². The van der Waals surface area contributed by atoms with Crippen LogP contribution in [0.15, 0.2) is 0 Å². The maximum atomic E-state index is 10.6. The third kappa shape index (κ3) is 5.55. The van der Waals surface area contributed by atoms with Crippen molar-refractivity contribution in [3.8, 4) is 6.07 Å². The van der Waals surface area contributed by atoms with Gasteiger partial charge < -0.3 is 5.11 Å². The predicted molar refractivity (Wildman–Crippen MR) is 53.8 cm³/mol.